The summed E-state index contributed by atoms with van der Waals surface area (Å²) in [6.45, 7) is 6.15. The summed E-state index contributed by atoms with van der Waals surface area (Å²) in [6.07, 6.45) is 2.61. The van der Waals surface area contributed by atoms with Crippen LogP contribution in [0.5, 0.6) is 0 Å². The van der Waals surface area contributed by atoms with E-state index < -0.39 is 6.04 Å². The van der Waals surface area contributed by atoms with Gasteiger partial charge >= 0.3 is 0 Å². The first-order valence-corrected chi connectivity index (χ1v) is 10.1. The van der Waals surface area contributed by atoms with Crippen LogP contribution in [0.15, 0.2) is 61.2 Å². The molecule has 0 radical (unpaired) electrons. The van der Waals surface area contributed by atoms with Gasteiger partial charge in [-0.1, -0.05) is 36.7 Å². The fraction of sp³-hybridized carbons (Fsp3) is 0.227. The van der Waals surface area contributed by atoms with Crippen molar-refractivity contribution in [3.05, 3.63) is 71.8 Å². The van der Waals surface area contributed by atoms with Gasteiger partial charge in [-0.25, -0.2) is 4.90 Å². The maximum Gasteiger partial charge on any atom is 0.257 e. The van der Waals surface area contributed by atoms with Crippen LogP contribution in [0.25, 0.3) is 0 Å². The molecule has 0 unspecified atom stereocenters. The Morgan fingerprint density at radius 3 is 2.48 bits per heavy atom. The topological polar surface area (TPSA) is 52.7 Å². The number of carbonyl (C=O) groups excluding carboxylic acids is 2. The van der Waals surface area contributed by atoms with Gasteiger partial charge in [0.1, 0.15) is 6.04 Å². The van der Waals surface area contributed by atoms with Gasteiger partial charge in [-0.2, -0.15) is 0 Å². The monoisotopic (exact) mass is 427 g/mol. The van der Waals surface area contributed by atoms with Crippen LogP contribution in [-0.4, -0.2) is 34.4 Å². The fourth-order valence-electron chi connectivity index (χ4n) is 3.23. The van der Waals surface area contributed by atoms with E-state index in [1.165, 1.54) is 4.90 Å². The molecular weight excluding hydrogens is 406 g/mol. The molecule has 2 amide bonds. The summed E-state index contributed by atoms with van der Waals surface area (Å²) in [7, 11) is 0. The maximum absolute atomic E-state index is 13.1. The minimum Gasteiger partial charge on any atom is -0.333 e. The third-order valence-electron chi connectivity index (χ3n) is 4.78. The molecule has 3 rings (SSSR count). The zero-order valence-electron chi connectivity index (χ0n) is 16.1. The Bertz CT molecular complexity index is 928. The molecule has 0 saturated carbocycles. The second kappa shape index (κ2) is 9.20. The van der Waals surface area contributed by atoms with Crippen LogP contribution >= 0.6 is 23.8 Å². The first kappa shape index (κ1) is 21.0. The van der Waals surface area contributed by atoms with E-state index in [1.54, 1.807) is 47.4 Å². The van der Waals surface area contributed by atoms with E-state index >= 15 is 0 Å². The minimum absolute atomic E-state index is 0.0602. The van der Waals surface area contributed by atoms with E-state index in [9.17, 15) is 9.59 Å². The molecule has 1 fully saturated rings. The van der Waals surface area contributed by atoms with Gasteiger partial charge < -0.3 is 10.2 Å². The van der Waals surface area contributed by atoms with Gasteiger partial charge in [0.2, 0.25) is 5.91 Å². The Morgan fingerprint density at radius 2 is 1.90 bits per heavy atom. The van der Waals surface area contributed by atoms with Crippen molar-refractivity contribution in [3.63, 3.8) is 0 Å². The Labute approximate surface area is 180 Å². The number of halogens is 1. The maximum atomic E-state index is 13.1. The largest absolute Gasteiger partial charge is 0.333 e. The van der Waals surface area contributed by atoms with Crippen LogP contribution in [0.3, 0.4) is 0 Å². The van der Waals surface area contributed by atoms with Crippen molar-refractivity contribution in [2.45, 2.75) is 25.8 Å². The summed E-state index contributed by atoms with van der Waals surface area (Å²) in [5.41, 5.74) is 2.47. The Morgan fingerprint density at radius 1 is 1.24 bits per heavy atom. The Hall–Kier alpha value is -2.70. The van der Waals surface area contributed by atoms with E-state index in [4.69, 9.17) is 23.8 Å². The van der Waals surface area contributed by atoms with Crippen LogP contribution in [-0.2, 0) is 16.0 Å². The fourth-order valence-corrected chi connectivity index (χ4v) is 3.68. The average molecular weight is 428 g/mol. The second-order valence-electron chi connectivity index (χ2n) is 6.69. The SMILES string of the molecule is C=CCN(C(=S)Nc1ccc(Cl)cc1)[C@H]1CC(=O)N(c2ccc(CC)cc2)C1=O. The molecule has 1 atom stereocenters. The van der Waals surface area contributed by atoms with Crippen molar-refractivity contribution in [2.24, 2.45) is 0 Å². The second-order valence-corrected chi connectivity index (χ2v) is 7.51. The molecule has 0 bridgehead atoms. The molecule has 7 heteroatoms. The van der Waals surface area contributed by atoms with Crippen LogP contribution in [0.4, 0.5) is 11.4 Å². The van der Waals surface area contributed by atoms with Gasteiger partial charge in [-0.05, 0) is 60.6 Å². The number of aryl methyl sites for hydroxylation is 1. The van der Waals surface area contributed by atoms with Crippen LogP contribution in [0.2, 0.25) is 5.02 Å². The van der Waals surface area contributed by atoms with E-state index in [-0.39, 0.29) is 18.2 Å². The van der Waals surface area contributed by atoms with Crippen LogP contribution in [0, 0.1) is 0 Å². The zero-order valence-corrected chi connectivity index (χ0v) is 17.7. The quantitative estimate of drug-likeness (QED) is 0.420. The highest BCUT2D eigenvalue weighted by atomic mass is 35.5. The van der Waals surface area contributed by atoms with Crippen molar-refractivity contribution >= 4 is 52.1 Å². The molecule has 0 spiro atoms. The van der Waals surface area contributed by atoms with E-state index in [2.05, 4.69) is 18.8 Å². The number of thiocarbonyl (C=S) groups is 1. The lowest BCUT2D eigenvalue weighted by Gasteiger charge is -2.29. The lowest BCUT2D eigenvalue weighted by molar-refractivity contribution is -0.122. The van der Waals surface area contributed by atoms with Crippen molar-refractivity contribution in [1.82, 2.24) is 4.90 Å². The molecule has 5 nitrogen and oxygen atoms in total. The molecule has 0 aromatic heterocycles. The summed E-state index contributed by atoms with van der Waals surface area (Å²) in [5, 5.41) is 4.07. The molecule has 29 heavy (non-hydrogen) atoms. The minimum atomic E-state index is -0.682. The summed E-state index contributed by atoms with van der Waals surface area (Å²) in [5.74, 6) is -0.533. The van der Waals surface area contributed by atoms with E-state index in [0.29, 0.717) is 22.4 Å². The molecule has 1 saturated heterocycles. The number of nitrogens with zero attached hydrogens (tertiary/aromatic N) is 2. The normalized spacial score (nSPS) is 16.1. The number of anilines is 2. The standard InChI is InChI=1S/C22H22ClN3O2S/c1-3-13-25(22(29)24-17-9-7-16(23)8-10-17)19-14-20(27)26(21(19)28)18-11-5-15(4-2)6-12-18/h3,5-12,19H,1,4,13-14H2,2H3,(H,24,29)/t19-/m0/s1. The van der Waals surface area contributed by atoms with Crippen LogP contribution in [0.1, 0.15) is 18.9 Å². The number of carbonyl (C=O) groups is 2. The van der Waals surface area contributed by atoms with Gasteiger partial charge in [0, 0.05) is 17.3 Å². The first-order chi connectivity index (χ1) is 13.9. The molecule has 150 valence electrons. The van der Waals surface area contributed by atoms with Gasteiger partial charge in [0.25, 0.3) is 5.91 Å². The molecule has 0 aliphatic carbocycles. The molecule has 2 aromatic carbocycles. The van der Waals surface area contributed by atoms with Crippen molar-refractivity contribution in [1.29, 1.82) is 0 Å². The van der Waals surface area contributed by atoms with Crippen molar-refractivity contribution in [3.8, 4) is 0 Å². The Balaban J connectivity index is 1.80. The molecule has 1 N–H and O–H groups in total. The highest BCUT2D eigenvalue weighted by Gasteiger charge is 2.43. The van der Waals surface area contributed by atoms with E-state index in [1.807, 2.05) is 12.1 Å². The predicted octanol–water partition coefficient (Wildman–Crippen LogP) is 4.42. The van der Waals surface area contributed by atoms with Gasteiger partial charge in [-0.15, -0.1) is 6.58 Å². The Kier molecular flexibility index (Phi) is 6.67. The highest BCUT2D eigenvalue weighted by molar-refractivity contribution is 7.80. The van der Waals surface area contributed by atoms with Crippen molar-refractivity contribution < 1.29 is 9.59 Å². The number of hydrogen-bond donors (Lipinski definition) is 1. The molecule has 1 aliphatic heterocycles. The number of imide groups is 1. The molecular formula is C22H22ClN3O2S. The van der Waals surface area contributed by atoms with Gasteiger partial charge in [-0.3, -0.25) is 9.59 Å². The average Bonchev–Trinajstić information content (AvgIpc) is 3.01. The van der Waals surface area contributed by atoms with Crippen LogP contribution < -0.4 is 10.2 Å². The summed E-state index contributed by atoms with van der Waals surface area (Å²) >= 11 is 11.4. The van der Waals surface area contributed by atoms with Gasteiger partial charge in [0.15, 0.2) is 5.11 Å². The van der Waals surface area contributed by atoms with Gasteiger partial charge in [0.05, 0.1) is 12.1 Å². The van der Waals surface area contributed by atoms with Crippen molar-refractivity contribution in [2.75, 3.05) is 16.8 Å². The zero-order chi connectivity index (χ0) is 21.0. The number of amides is 2. The number of rotatable bonds is 6. The predicted molar refractivity (Wildman–Crippen MR) is 121 cm³/mol. The molecule has 1 aliphatic rings. The summed E-state index contributed by atoms with van der Waals surface area (Å²) < 4.78 is 0. The third-order valence-corrected chi connectivity index (χ3v) is 5.37. The number of hydrogen-bond acceptors (Lipinski definition) is 3. The summed E-state index contributed by atoms with van der Waals surface area (Å²) in [4.78, 5) is 28.7. The lowest BCUT2D eigenvalue weighted by atomic mass is 10.1. The first-order valence-electron chi connectivity index (χ1n) is 9.34. The molecule has 1 heterocycles. The number of nitrogens with one attached hydrogen (secondary N) is 1. The summed E-state index contributed by atoms with van der Waals surface area (Å²) in [6, 6.07) is 13.9. The number of benzene rings is 2. The van der Waals surface area contributed by atoms with E-state index in [0.717, 1.165) is 17.7 Å². The lowest BCUT2D eigenvalue weighted by Crippen LogP contribution is -2.47. The smallest absolute Gasteiger partial charge is 0.257 e. The third kappa shape index (κ3) is 4.66. The molecule has 2 aromatic rings. The highest BCUT2D eigenvalue weighted by Crippen LogP contribution is 2.27.